The minimum Gasteiger partial charge on any atom is -0.395 e. The summed E-state index contributed by atoms with van der Waals surface area (Å²) in [5.74, 6) is 0. The lowest BCUT2D eigenvalue weighted by atomic mass is 10.3. The van der Waals surface area contributed by atoms with Crippen molar-refractivity contribution in [3.63, 3.8) is 0 Å². The van der Waals surface area contributed by atoms with E-state index in [0.717, 1.165) is 10.4 Å². The second-order valence-corrected chi connectivity index (χ2v) is 5.54. The molecule has 0 saturated carbocycles. The number of non-ortho nitro benzene ring substituents is 1. The molecule has 0 heterocycles. The molecule has 0 aromatic heterocycles. The van der Waals surface area contributed by atoms with Gasteiger partial charge in [0.25, 0.3) is 5.69 Å². The van der Waals surface area contributed by atoms with Gasteiger partial charge < -0.3 is 10.2 Å². The maximum absolute atomic E-state index is 12.2. The van der Waals surface area contributed by atoms with Crippen LogP contribution in [0.5, 0.6) is 0 Å². The van der Waals surface area contributed by atoms with Crippen molar-refractivity contribution < 1.29 is 23.6 Å². The van der Waals surface area contributed by atoms with Crippen molar-refractivity contribution in [2.75, 3.05) is 26.3 Å². The van der Waals surface area contributed by atoms with Crippen molar-refractivity contribution >= 4 is 15.7 Å². The van der Waals surface area contributed by atoms with Gasteiger partial charge in [0.2, 0.25) is 10.0 Å². The maximum Gasteiger partial charge on any atom is 0.270 e. The second-order valence-electron chi connectivity index (χ2n) is 3.61. The Morgan fingerprint density at radius 2 is 1.79 bits per heavy atom. The Morgan fingerprint density at radius 3 is 2.26 bits per heavy atom. The molecule has 0 amide bonds. The molecule has 0 aliphatic rings. The number of rotatable bonds is 7. The monoisotopic (exact) mass is 290 g/mol. The molecule has 106 valence electrons. The van der Waals surface area contributed by atoms with Gasteiger partial charge in [-0.2, -0.15) is 4.31 Å². The molecule has 2 N–H and O–H groups in total. The average Bonchev–Trinajstić information content (AvgIpc) is 2.38. The molecule has 0 atom stereocenters. The molecule has 1 rings (SSSR count). The van der Waals surface area contributed by atoms with E-state index in [4.69, 9.17) is 10.2 Å². The van der Waals surface area contributed by atoms with E-state index in [-0.39, 0.29) is 23.7 Å². The highest BCUT2D eigenvalue weighted by Gasteiger charge is 2.25. The summed E-state index contributed by atoms with van der Waals surface area (Å²) in [6, 6.07) is 4.61. The zero-order valence-corrected chi connectivity index (χ0v) is 10.8. The molecule has 1 aromatic carbocycles. The smallest absolute Gasteiger partial charge is 0.270 e. The van der Waals surface area contributed by atoms with E-state index in [1.807, 2.05) is 0 Å². The highest BCUT2D eigenvalue weighted by Crippen LogP contribution is 2.20. The molecule has 0 radical (unpaired) electrons. The summed E-state index contributed by atoms with van der Waals surface area (Å²) >= 11 is 0. The molecule has 0 aliphatic carbocycles. The zero-order chi connectivity index (χ0) is 14.5. The normalized spacial score (nSPS) is 11.7. The van der Waals surface area contributed by atoms with Gasteiger partial charge >= 0.3 is 0 Å². The fourth-order valence-electron chi connectivity index (χ4n) is 1.48. The third kappa shape index (κ3) is 3.70. The molecule has 0 saturated heterocycles. The number of hydrogen-bond acceptors (Lipinski definition) is 6. The van der Waals surface area contributed by atoms with E-state index in [1.165, 1.54) is 18.2 Å². The van der Waals surface area contributed by atoms with Crippen molar-refractivity contribution in [3.8, 4) is 0 Å². The number of nitro benzene ring substituents is 1. The Labute approximate surface area is 110 Å². The first-order valence-corrected chi connectivity index (χ1v) is 6.84. The van der Waals surface area contributed by atoms with Crippen LogP contribution in [-0.4, -0.2) is 54.2 Å². The fourth-order valence-corrected chi connectivity index (χ4v) is 2.94. The van der Waals surface area contributed by atoms with Gasteiger partial charge in [0.15, 0.2) is 0 Å². The largest absolute Gasteiger partial charge is 0.395 e. The molecule has 0 bridgehead atoms. The van der Waals surface area contributed by atoms with Crippen LogP contribution in [0.3, 0.4) is 0 Å². The standard InChI is InChI=1S/C10H14N2O6S/c13-6-4-11(5-7-14)19(17,18)10-3-1-2-9(8-10)12(15)16/h1-3,8,13-14H,4-7H2. The van der Waals surface area contributed by atoms with Gasteiger partial charge in [-0.25, -0.2) is 8.42 Å². The predicted molar refractivity (Wildman–Crippen MR) is 66.0 cm³/mol. The molecule has 1 aromatic rings. The van der Waals surface area contributed by atoms with Crippen LogP contribution in [-0.2, 0) is 10.0 Å². The zero-order valence-electron chi connectivity index (χ0n) is 9.97. The van der Waals surface area contributed by atoms with Crippen LogP contribution >= 0.6 is 0 Å². The minimum absolute atomic E-state index is 0.189. The van der Waals surface area contributed by atoms with Crippen molar-refractivity contribution in [1.82, 2.24) is 4.31 Å². The number of nitrogens with zero attached hydrogens (tertiary/aromatic N) is 2. The van der Waals surface area contributed by atoms with Gasteiger partial charge in [-0.15, -0.1) is 0 Å². The molecule has 0 fully saturated rings. The summed E-state index contributed by atoms with van der Waals surface area (Å²) in [5.41, 5.74) is -0.339. The van der Waals surface area contributed by atoms with Crippen molar-refractivity contribution in [1.29, 1.82) is 0 Å². The van der Waals surface area contributed by atoms with E-state index >= 15 is 0 Å². The number of sulfonamides is 1. The van der Waals surface area contributed by atoms with E-state index in [9.17, 15) is 18.5 Å². The number of aliphatic hydroxyl groups is 2. The Hall–Kier alpha value is -1.55. The Kier molecular flexibility index (Phi) is 5.36. The van der Waals surface area contributed by atoms with Crippen LogP contribution in [0.2, 0.25) is 0 Å². The molecule has 19 heavy (non-hydrogen) atoms. The molecule has 0 aliphatic heterocycles. The van der Waals surface area contributed by atoms with E-state index < -0.39 is 28.2 Å². The van der Waals surface area contributed by atoms with Gasteiger partial charge in [-0.1, -0.05) is 6.07 Å². The third-order valence-electron chi connectivity index (χ3n) is 2.37. The Balaban J connectivity index is 3.17. The number of benzene rings is 1. The third-order valence-corrected chi connectivity index (χ3v) is 4.26. The van der Waals surface area contributed by atoms with Crippen LogP contribution in [0.4, 0.5) is 5.69 Å². The van der Waals surface area contributed by atoms with Gasteiger partial charge in [-0.05, 0) is 6.07 Å². The SMILES string of the molecule is O=[N+]([O-])c1cccc(S(=O)(=O)N(CCO)CCO)c1. The van der Waals surface area contributed by atoms with E-state index in [1.54, 1.807) is 0 Å². The number of nitro groups is 1. The van der Waals surface area contributed by atoms with Crippen molar-refractivity contribution in [2.24, 2.45) is 0 Å². The first-order valence-electron chi connectivity index (χ1n) is 5.40. The summed E-state index contributed by atoms with van der Waals surface area (Å²) < 4.78 is 25.2. The average molecular weight is 290 g/mol. The predicted octanol–water partition coefficient (Wildman–Crippen LogP) is -0.430. The lowest BCUT2D eigenvalue weighted by molar-refractivity contribution is -0.385. The lowest BCUT2D eigenvalue weighted by Gasteiger charge is -2.20. The number of aliphatic hydroxyl groups excluding tert-OH is 2. The highest BCUT2D eigenvalue weighted by molar-refractivity contribution is 7.89. The summed E-state index contributed by atoms with van der Waals surface area (Å²) in [6.45, 7) is -1.19. The van der Waals surface area contributed by atoms with E-state index in [0.29, 0.717) is 0 Å². The number of hydrogen-bond donors (Lipinski definition) is 2. The fraction of sp³-hybridized carbons (Fsp3) is 0.400. The van der Waals surface area contributed by atoms with Crippen LogP contribution in [0.15, 0.2) is 29.2 Å². The molecule has 8 nitrogen and oxygen atoms in total. The topological polar surface area (TPSA) is 121 Å². The maximum atomic E-state index is 12.2. The minimum atomic E-state index is -3.97. The quantitative estimate of drug-likeness (QED) is 0.519. The van der Waals surface area contributed by atoms with Gasteiger partial charge in [0.05, 0.1) is 23.0 Å². The summed E-state index contributed by atoms with van der Waals surface area (Å²) in [6.07, 6.45) is 0. The molecule has 0 unspecified atom stereocenters. The van der Waals surface area contributed by atoms with Crippen molar-refractivity contribution in [2.45, 2.75) is 4.90 Å². The van der Waals surface area contributed by atoms with Gasteiger partial charge in [0.1, 0.15) is 0 Å². The van der Waals surface area contributed by atoms with Crippen LogP contribution in [0, 0.1) is 10.1 Å². The molecular weight excluding hydrogens is 276 g/mol. The van der Waals surface area contributed by atoms with Gasteiger partial charge in [0, 0.05) is 25.2 Å². The molecular formula is C10H14N2O6S. The highest BCUT2D eigenvalue weighted by atomic mass is 32.2. The lowest BCUT2D eigenvalue weighted by Crippen LogP contribution is -2.35. The first kappa shape index (κ1) is 15.5. The van der Waals surface area contributed by atoms with Crippen LogP contribution in [0.25, 0.3) is 0 Å². The second kappa shape index (κ2) is 6.57. The summed E-state index contributed by atoms with van der Waals surface area (Å²) in [5, 5.41) is 28.3. The summed E-state index contributed by atoms with van der Waals surface area (Å²) in [4.78, 5) is 9.68. The van der Waals surface area contributed by atoms with E-state index in [2.05, 4.69) is 0 Å². The van der Waals surface area contributed by atoms with Gasteiger partial charge in [-0.3, -0.25) is 10.1 Å². The Morgan fingerprint density at radius 1 is 1.21 bits per heavy atom. The molecule has 0 spiro atoms. The summed E-state index contributed by atoms with van der Waals surface area (Å²) in [7, 11) is -3.97. The van der Waals surface area contributed by atoms with Crippen molar-refractivity contribution in [3.05, 3.63) is 34.4 Å². The first-order chi connectivity index (χ1) is 8.93. The van der Waals surface area contributed by atoms with Crippen LogP contribution < -0.4 is 0 Å². The molecule has 9 heteroatoms. The Bertz CT molecular complexity index is 539. The van der Waals surface area contributed by atoms with Crippen LogP contribution in [0.1, 0.15) is 0 Å².